The van der Waals surface area contributed by atoms with Crippen LogP contribution < -0.4 is 10.6 Å². The lowest BCUT2D eigenvalue weighted by atomic mass is 10.1. The summed E-state index contributed by atoms with van der Waals surface area (Å²) >= 11 is 1.64. The zero-order valence-electron chi connectivity index (χ0n) is 9.36. The molecule has 0 saturated carbocycles. The highest BCUT2D eigenvalue weighted by Crippen LogP contribution is 2.10. The van der Waals surface area contributed by atoms with Crippen LogP contribution in [0.3, 0.4) is 0 Å². The molecule has 0 aromatic carbocycles. The van der Waals surface area contributed by atoms with Gasteiger partial charge < -0.3 is 10.4 Å². The summed E-state index contributed by atoms with van der Waals surface area (Å²) in [5.74, 6) is 0.317. The molecule has 1 rings (SSSR count). The van der Waals surface area contributed by atoms with Crippen molar-refractivity contribution < 1.29 is 14.7 Å². The van der Waals surface area contributed by atoms with Gasteiger partial charge in [0.1, 0.15) is 6.04 Å². The van der Waals surface area contributed by atoms with Gasteiger partial charge in [-0.2, -0.15) is 0 Å². The van der Waals surface area contributed by atoms with Crippen LogP contribution in [0.5, 0.6) is 0 Å². The molecule has 0 aromatic heterocycles. The van der Waals surface area contributed by atoms with E-state index in [4.69, 9.17) is 5.11 Å². The van der Waals surface area contributed by atoms with E-state index in [0.717, 1.165) is 18.7 Å². The monoisotopic (exact) mass is 246 g/mol. The largest absolute Gasteiger partial charge is 0.480 e. The van der Waals surface area contributed by atoms with Gasteiger partial charge in [0.15, 0.2) is 0 Å². The van der Waals surface area contributed by atoms with Crippen LogP contribution in [0.2, 0.25) is 0 Å². The standard InChI is InChI=1S/C10H18N2O3S/c1-2-3-4-7(10(14)15)12-9(13)8-5-16-6-11-8/h7-8,11H,2-6H2,1H3,(H,12,13)(H,14,15)/t7-,8?/m0/s1. The molecule has 0 spiro atoms. The molecule has 0 bridgehead atoms. The number of thioether (sulfide) groups is 1. The summed E-state index contributed by atoms with van der Waals surface area (Å²) < 4.78 is 0. The molecule has 0 radical (unpaired) electrons. The molecule has 1 heterocycles. The molecule has 1 aliphatic rings. The highest BCUT2D eigenvalue weighted by atomic mass is 32.2. The minimum absolute atomic E-state index is 0.200. The summed E-state index contributed by atoms with van der Waals surface area (Å²) in [6, 6.07) is -0.992. The maximum absolute atomic E-state index is 11.7. The first kappa shape index (κ1) is 13.3. The quantitative estimate of drug-likeness (QED) is 0.632. The van der Waals surface area contributed by atoms with Crippen molar-refractivity contribution in [1.82, 2.24) is 10.6 Å². The summed E-state index contributed by atoms with van der Waals surface area (Å²) in [4.78, 5) is 22.6. The van der Waals surface area contributed by atoms with E-state index in [1.807, 2.05) is 6.92 Å². The number of hydrogen-bond acceptors (Lipinski definition) is 4. The molecule has 6 heteroatoms. The van der Waals surface area contributed by atoms with Crippen LogP contribution in [0, 0.1) is 0 Å². The van der Waals surface area contributed by atoms with Crippen molar-refractivity contribution >= 4 is 23.6 Å². The summed E-state index contributed by atoms with van der Waals surface area (Å²) in [5.41, 5.74) is 0. The van der Waals surface area contributed by atoms with Gasteiger partial charge in [-0.05, 0) is 6.42 Å². The van der Waals surface area contributed by atoms with Gasteiger partial charge in [0.05, 0.1) is 6.04 Å². The average Bonchev–Trinajstić information content (AvgIpc) is 2.76. The Morgan fingerprint density at radius 2 is 2.38 bits per heavy atom. The van der Waals surface area contributed by atoms with Crippen LogP contribution in [0.15, 0.2) is 0 Å². The Balaban J connectivity index is 2.40. The summed E-state index contributed by atoms with van der Waals surface area (Å²) in [7, 11) is 0. The number of nitrogens with one attached hydrogen (secondary N) is 2. The van der Waals surface area contributed by atoms with Crippen LogP contribution >= 0.6 is 11.8 Å². The lowest BCUT2D eigenvalue weighted by Crippen LogP contribution is -2.49. The molecule has 1 unspecified atom stereocenters. The number of carbonyl (C=O) groups excluding carboxylic acids is 1. The van der Waals surface area contributed by atoms with Gasteiger partial charge in [0.25, 0.3) is 0 Å². The molecule has 1 saturated heterocycles. The fraction of sp³-hybridized carbons (Fsp3) is 0.800. The van der Waals surface area contributed by atoms with Crippen molar-refractivity contribution in [2.24, 2.45) is 0 Å². The van der Waals surface area contributed by atoms with E-state index in [9.17, 15) is 9.59 Å². The average molecular weight is 246 g/mol. The molecule has 16 heavy (non-hydrogen) atoms. The second-order valence-corrected chi connectivity index (χ2v) is 4.84. The summed E-state index contributed by atoms with van der Waals surface area (Å²) in [6.45, 7) is 2.00. The van der Waals surface area contributed by atoms with Crippen LogP contribution in [0.25, 0.3) is 0 Å². The Labute approximate surface area is 99.4 Å². The number of carbonyl (C=O) groups is 2. The van der Waals surface area contributed by atoms with E-state index in [2.05, 4.69) is 10.6 Å². The molecular weight excluding hydrogens is 228 g/mol. The van der Waals surface area contributed by atoms with E-state index >= 15 is 0 Å². The van der Waals surface area contributed by atoms with E-state index in [-0.39, 0.29) is 11.9 Å². The van der Waals surface area contributed by atoms with Crippen molar-refractivity contribution in [2.45, 2.75) is 38.3 Å². The SMILES string of the molecule is CCCC[C@H](NC(=O)C1CSCN1)C(=O)O. The lowest BCUT2D eigenvalue weighted by molar-refractivity contribution is -0.142. The molecule has 1 aliphatic heterocycles. The molecular formula is C10H18N2O3S. The highest BCUT2D eigenvalue weighted by Gasteiger charge is 2.26. The van der Waals surface area contributed by atoms with Gasteiger partial charge >= 0.3 is 5.97 Å². The van der Waals surface area contributed by atoms with E-state index in [1.165, 1.54) is 0 Å². The Morgan fingerprint density at radius 3 is 2.88 bits per heavy atom. The van der Waals surface area contributed by atoms with Crippen molar-refractivity contribution in [1.29, 1.82) is 0 Å². The third-order valence-corrected chi connectivity index (χ3v) is 3.43. The number of hydrogen-bond donors (Lipinski definition) is 3. The first-order valence-electron chi connectivity index (χ1n) is 5.49. The Bertz CT molecular complexity index is 254. The molecule has 5 nitrogen and oxygen atoms in total. The predicted octanol–water partition coefficient (Wildman–Crippen LogP) is 0.408. The van der Waals surface area contributed by atoms with Gasteiger partial charge in [-0.1, -0.05) is 19.8 Å². The van der Waals surface area contributed by atoms with E-state index in [0.29, 0.717) is 12.2 Å². The zero-order chi connectivity index (χ0) is 12.0. The maximum Gasteiger partial charge on any atom is 0.326 e. The Hall–Kier alpha value is -0.750. The van der Waals surface area contributed by atoms with Gasteiger partial charge in [-0.3, -0.25) is 10.1 Å². The normalized spacial score (nSPS) is 21.7. The van der Waals surface area contributed by atoms with Gasteiger partial charge in [-0.25, -0.2) is 4.79 Å². The number of rotatable bonds is 6. The number of aliphatic carboxylic acids is 1. The van der Waals surface area contributed by atoms with Crippen molar-refractivity contribution in [2.75, 3.05) is 11.6 Å². The molecule has 3 N–H and O–H groups in total. The minimum Gasteiger partial charge on any atom is -0.480 e. The van der Waals surface area contributed by atoms with Crippen molar-refractivity contribution in [3.63, 3.8) is 0 Å². The molecule has 2 atom stereocenters. The van der Waals surface area contributed by atoms with Crippen LogP contribution in [0.1, 0.15) is 26.2 Å². The first-order chi connectivity index (χ1) is 7.65. The van der Waals surface area contributed by atoms with E-state index < -0.39 is 12.0 Å². The zero-order valence-corrected chi connectivity index (χ0v) is 10.2. The van der Waals surface area contributed by atoms with E-state index in [1.54, 1.807) is 11.8 Å². The second kappa shape index (κ2) is 6.75. The fourth-order valence-corrected chi connectivity index (χ4v) is 2.44. The van der Waals surface area contributed by atoms with Crippen LogP contribution in [-0.2, 0) is 9.59 Å². The van der Waals surface area contributed by atoms with Gasteiger partial charge in [0, 0.05) is 11.6 Å². The van der Waals surface area contributed by atoms with Crippen molar-refractivity contribution in [3.8, 4) is 0 Å². The maximum atomic E-state index is 11.7. The fourth-order valence-electron chi connectivity index (χ4n) is 1.50. The Morgan fingerprint density at radius 1 is 1.62 bits per heavy atom. The highest BCUT2D eigenvalue weighted by molar-refractivity contribution is 7.99. The number of carboxylic acids is 1. The third-order valence-electron chi connectivity index (χ3n) is 2.49. The Kier molecular flexibility index (Phi) is 5.62. The topological polar surface area (TPSA) is 78.4 Å². The molecule has 0 aromatic rings. The van der Waals surface area contributed by atoms with Gasteiger partial charge in [-0.15, -0.1) is 11.8 Å². The smallest absolute Gasteiger partial charge is 0.326 e. The second-order valence-electron chi connectivity index (χ2n) is 3.81. The molecule has 1 fully saturated rings. The number of amides is 1. The first-order valence-corrected chi connectivity index (χ1v) is 6.65. The van der Waals surface area contributed by atoms with Gasteiger partial charge in [0.2, 0.25) is 5.91 Å². The molecule has 0 aliphatic carbocycles. The summed E-state index contributed by atoms with van der Waals surface area (Å²) in [6.07, 6.45) is 2.23. The van der Waals surface area contributed by atoms with Crippen LogP contribution in [0.4, 0.5) is 0 Å². The van der Waals surface area contributed by atoms with Crippen molar-refractivity contribution in [3.05, 3.63) is 0 Å². The van der Waals surface area contributed by atoms with Crippen LogP contribution in [-0.4, -0.2) is 40.7 Å². The predicted molar refractivity (Wildman–Crippen MR) is 63.3 cm³/mol. The molecule has 92 valence electrons. The number of carboxylic acid groups (broad SMARTS) is 1. The lowest BCUT2D eigenvalue weighted by Gasteiger charge is -2.16. The molecule has 1 amide bonds. The summed E-state index contributed by atoms with van der Waals surface area (Å²) in [5, 5.41) is 14.5. The third kappa shape index (κ3) is 4.02. The number of unbranched alkanes of at least 4 members (excludes halogenated alkanes) is 1. The minimum atomic E-state index is -0.951.